The third kappa shape index (κ3) is 4.49. The van der Waals surface area contributed by atoms with Crippen LogP contribution in [0.4, 0.5) is 0 Å². The zero-order valence-corrected chi connectivity index (χ0v) is 13.8. The molecule has 0 aliphatic carbocycles. The van der Waals surface area contributed by atoms with Gasteiger partial charge in [-0.2, -0.15) is 0 Å². The third-order valence-electron chi connectivity index (χ3n) is 3.65. The molecule has 2 aromatic carbocycles. The van der Waals surface area contributed by atoms with E-state index in [1.807, 2.05) is 6.92 Å². The Kier molecular flexibility index (Phi) is 5.51. The quantitative estimate of drug-likeness (QED) is 0.505. The van der Waals surface area contributed by atoms with Gasteiger partial charge in [0.2, 0.25) is 0 Å². The van der Waals surface area contributed by atoms with Gasteiger partial charge in [-0.25, -0.2) is 4.57 Å². The summed E-state index contributed by atoms with van der Waals surface area (Å²) in [6.45, 7) is 1.84. The summed E-state index contributed by atoms with van der Waals surface area (Å²) in [5.74, 6) is -0.939. The summed E-state index contributed by atoms with van der Waals surface area (Å²) < 4.78 is 15.7. The van der Waals surface area contributed by atoms with E-state index in [9.17, 15) is 19.9 Å². The number of benzene rings is 2. The lowest BCUT2D eigenvalue weighted by molar-refractivity contribution is 0.139. The highest BCUT2D eigenvalue weighted by molar-refractivity contribution is 7.46. The van der Waals surface area contributed by atoms with E-state index in [1.165, 1.54) is 24.3 Å². The first-order valence-electron chi connectivity index (χ1n) is 7.26. The molecule has 0 aromatic heterocycles. The number of rotatable bonds is 6. The maximum absolute atomic E-state index is 11.1. The predicted octanol–water partition coefficient (Wildman–Crippen LogP) is 2.80. The number of aliphatic hydroxyl groups excluding tert-OH is 1. The third-order valence-corrected chi connectivity index (χ3v) is 4.09. The van der Waals surface area contributed by atoms with Crippen LogP contribution < -0.4 is 4.52 Å². The second kappa shape index (κ2) is 7.23. The molecule has 0 aliphatic rings. The minimum absolute atomic E-state index is 0.0514. The molecule has 0 amide bonds. The summed E-state index contributed by atoms with van der Waals surface area (Å²) in [6.07, 6.45) is -0.653. The van der Waals surface area contributed by atoms with Crippen molar-refractivity contribution in [3.05, 3.63) is 53.6 Å². The van der Waals surface area contributed by atoms with E-state index in [0.29, 0.717) is 12.0 Å². The van der Waals surface area contributed by atoms with Crippen molar-refractivity contribution >= 4 is 7.82 Å². The van der Waals surface area contributed by atoms with Gasteiger partial charge in [0.05, 0.1) is 6.10 Å². The topological polar surface area (TPSA) is 127 Å². The molecule has 0 bridgehead atoms. The van der Waals surface area contributed by atoms with Crippen LogP contribution in [-0.4, -0.2) is 25.1 Å². The molecular formula is C16H19O7P. The van der Waals surface area contributed by atoms with Gasteiger partial charge in [0, 0.05) is 17.5 Å². The van der Waals surface area contributed by atoms with Gasteiger partial charge in [0.15, 0.2) is 0 Å². The monoisotopic (exact) mass is 354 g/mol. The van der Waals surface area contributed by atoms with Gasteiger partial charge in [-0.05, 0) is 36.2 Å². The molecule has 7 nitrogen and oxygen atoms in total. The van der Waals surface area contributed by atoms with E-state index in [1.54, 1.807) is 12.1 Å². The molecular weight excluding hydrogens is 335 g/mol. The van der Waals surface area contributed by atoms with Crippen molar-refractivity contribution in [1.29, 1.82) is 0 Å². The second-order valence-corrected chi connectivity index (χ2v) is 6.52. The van der Waals surface area contributed by atoms with Crippen LogP contribution in [0.5, 0.6) is 17.2 Å². The molecule has 0 aliphatic heterocycles. The Morgan fingerprint density at radius 2 is 1.75 bits per heavy atom. The highest BCUT2D eigenvalue weighted by Gasteiger charge is 2.27. The van der Waals surface area contributed by atoms with Crippen molar-refractivity contribution in [1.82, 2.24) is 0 Å². The summed E-state index contributed by atoms with van der Waals surface area (Å²) in [7, 11) is -4.85. The normalized spacial score (nSPS) is 14.2. The van der Waals surface area contributed by atoms with Gasteiger partial charge in [-0.15, -0.1) is 0 Å². The number of hydrogen-bond acceptors (Lipinski definition) is 5. The van der Waals surface area contributed by atoms with E-state index in [0.717, 1.165) is 6.07 Å². The Morgan fingerprint density at radius 1 is 1.08 bits per heavy atom. The zero-order valence-electron chi connectivity index (χ0n) is 12.9. The molecule has 0 heterocycles. The van der Waals surface area contributed by atoms with Gasteiger partial charge in [0.25, 0.3) is 0 Å². The van der Waals surface area contributed by atoms with Crippen LogP contribution in [0, 0.1) is 0 Å². The average molecular weight is 354 g/mol. The maximum atomic E-state index is 11.1. The van der Waals surface area contributed by atoms with Crippen molar-refractivity contribution in [2.24, 2.45) is 0 Å². The van der Waals surface area contributed by atoms with Crippen LogP contribution in [0.1, 0.15) is 36.5 Å². The summed E-state index contributed by atoms with van der Waals surface area (Å²) in [5.41, 5.74) is 0.798. The number of hydrogen-bond donors (Lipinski definition) is 5. The molecule has 0 saturated carbocycles. The molecule has 2 rings (SSSR count). The minimum Gasteiger partial charge on any atom is -0.508 e. The molecule has 0 saturated heterocycles. The van der Waals surface area contributed by atoms with E-state index < -0.39 is 19.8 Å². The first-order valence-corrected chi connectivity index (χ1v) is 8.79. The van der Waals surface area contributed by atoms with E-state index in [2.05, 4.69) is 4.52 Å². The van der Waals surface area contributed by atoms with Crippen LogP contribution in [0.15, 0.2) is 42.5 Å². The van der Waals surface area contributed by atoms with Crippen molar-refractivity contribution in [3.8, 4) is 17.2 Å². The molecule has 0 radical (unpaired) electrons. The van der Waals surface area contributed by atoms with Crippen LogP contribution in [0.3, 0.4) is 0 Å². The Balaban J connectivity index is 2.43. The fourth-order valence-corrected chi connectivity index (χ4v) is 3.00. The molecule has 8 heteroatoms. The fourth-order valence-electron chi connectivity index (χ4n) is 2.59. The highest BCUT2D eigenvalue weighted by Crippen LogP contribution is 2.45. The molecule has 24 heavy (non-hydrogen) atoms. The summed E-state index contributed by atoms with van der Waals surface area (Å²) in [5, 5.41) is 29.8. The minimum atomic E-state index is -4.85. The van der Waals surface area contributed by atoms with Crippen molar-refractivity contribution in [3.63, 3.8) is 0 Å². The van der Waals surface area contributed by atoms with Crippen molar-refractivity contribution in [2.45, 2.75) is 25.4 Å². The summed E-state index contributed by atoms with van der Waals surface area (Å²) in [6, 6.07) is 10.1. The Bertz CT molecular complexity index is 756. The number of phosphoric acid groups is 1. The molecule has 0 fully saturated rings. The van der Waals surface area contributed by atoms with Crippen molar-refractivity contribution in [2.75, 3.05) is 0 Å². The van der Waals surface area contributed by atoms with Gasteiger partial charge in [-0.3, -0.25) is 9.79 Å². The molecule has 2 aromatic rings. The molecule has 0 spiro atoms. The molecule has 2 unspecified atom stereocenters. The van der Waals surface area contributed by atoms with Crippen LogP contribution in [0.25, 0.3) is 0 Å². The van der Waals surface area contributed by atoms with E-state index >= 15 is 0 Å². The predicted molar refractivity (Wildman–Crippen MR) is 86.9 cm³/mol. The lowest BCUT2D eigenvalue weighted by Gasteiger charge is -2.24. The first kappa shape index (κ1) is 18.3. The first-order chi connectivity index (χ1) is 11.2. The Hall–Kier alpha value is -2.05. The molecule has 5 N–H and O–H groups in total. The molecule has 2 atom stereocenters. The highest BCUT2D eigenvalue weighted by atomic mass is 31.2. The van der Waals surface area contributed by atoms with Crippen LogP contribution in [0.2, 0.25) is 0 Å². The van der Waals surface area contributed by atoms with Gasteiger partial charge in [0.1, 0.15) is 17.2 Å². The fraction of sp³-hybridized carbons (Fsp3) is 0.250. The number of phenolic OH excluding ortho intramolecular Hbond substituents is 2. The number of aromatic hydroxyl groups is 2. The van der Waals surface area contributed by atoms with E-state index in [-0.39, 0.29) is 22.8 Å². The van der Waals surface area contributed by atoms with E-state index in [4.69, 9.17) is 9.79 Å². The second-order valence-electron chi connectivity index (χ2n) is 5.36. The number of phenols is 2. The lowest BCUT2D eigenvalue weighted by Crippen LogP contribution is -2.11. The van der Waals surface area contributed by atoms with Crippen molar-refractivity contribution < 1.29 is 34.2 Å². The maximum Gasteiger partial charge on any atom is 0.524 e. The number of phosphoric ester groups is 1. The molecule has 130 valence electrons. The summed E-state index contributed by atoms with van der Waals surface area (Å²) in [4.78, 5) is 18.0. The Morgan fingerprint density at radius 3 is 2.33 bits per heavy atom. The smallest absolute Gasteiger partial charge is 0.508 e. The standard InChI is InChI=1S/C16H19O7P/c1-2-13(10-4-3-5-11(17)8-10)16(19)14-7-6-12(18)9-15(14)23-24(20,21)22/h3-9,13,16-19H,2H2,1H3,(H2,20,21,22). The number of aliphatic hydroxyl groups is 1. The van der Waals surface area contributed by atoms with Gasteiger partial charge < -0.3 is 19.8 Å². The van der Waals surface area contributed by atoms with Crippen LogP contribution in [-0.2, 0) is 4.57 Å². The largest absolute Gasteiger partial charge is 0.524 e. The zero-order chi connectivity index (χ0) is 17.9. The van der Waals surface area contributed by atoms with Gasteiger partial charge >= 0.3 is 7.82 Å². The summed E-state index contributed by atoms with van der Waals surface area (Å²) >= 11 is 0. The average Bonchev–Trinajstić information content (AvgIpc) is 2.46. The lowest BCUT2D eigenvalue weighted by atomic mass is 9.86. The van der Waals surface area contributed by atoms with Gasteiger partial charge in [-0.1, -0.05) is 19.1 Å². The van der Waals surface area contributed by atoms with Crippen LogP contribution >= 0.6 is 7.82 Å². The SMILES string of the molecule is CCC(c1cccc(O)c1)C(O)c1ccc(O)cc1OP(=O)(O)O. The Labute approximate surface area is 139 Å².